The summed E-state index contributed by atoms with van der Waals surface area (Å²) in [5, 5.41) is 6.34. The highest BCUT2D eigenvalue weighted by Gasteiger charge is 2.30. The standard InChI is InChI=1S/C15H20N2O3S/c1-20-13(18)8-5-9-16-14(19)12-10-21-15(17-12)11-6-3-2-4-7-11/h2-4,6-7,12,15,17H,5,8-10H2,1H3,(H,16,19). The first-order chi connectivity index (χ1) is 10.2. The van der Waals surface area contributed by atoms with Crippen LogP contribution in [-0.4, -0.2) is 37.3 Å². The van der Waals surface area contributed by atoms with Gasteiger partial charge in [0.2, 0.25) is 5.91 Å². The lowest BCUT2D eigenvalue weighted by Gasteiger charge is -2.13. The lowest BCUT2D eigenvalue weighted by molar-refractivity contribution is -0.140. The Labute approximate surface area is 128 Å². The van der Waals surface area contributed by atoms with Crippen LogP contribution in [0.1, 0.15) is 23.8 Å². The van der Waals surface area contributed by atoms with Gasteiger partial charge in [-0.3, -0.25) is 14.9 Å². The molecule has 0 aliphatic carbocycles. The third kappa shape index (κ3) is 4.75. The summed E-state index contributed by atoms with van der Waals surface area (Å²) >= 11 is 1.73. The SMILES string of the molecule is COC(=O)CCCNC(=O)C1CSC(c2ccccc2)N1. The molecule has 5 nitrogen and oxygen atoms in total. The van der Waals surface area contributed by atoms with E-state index in [-0.39, 0.29) is 23.3 Å². The smallest absolute Gasteiger partial charge is 0.305 e. The van der Waals surface area contributed by atoms with Gasteiger partial charge in [-0.2, -0.15) is 0 Å². The van der Waals surface area contributed by atoms with Crippen LogP contribution in [0, 0.1) is 0 Å². The van der Waals surface area contributed by atoms with Crippen LogP contribution in [0.3, 0.4) is 0 Å². The minimum absolute atomic E-state index is 0.00852. The number of amides is 1. The zero-order valence-electron chi connectivity index (χ0n) is 12.0. The summed E-state index contributed by atoms with van der Waals surface area (Å²) < 4.78 is 4.55. The summed E-state index contributed by atoms with van der Waals surface area (Å²) in [6.07, 6.45) is 0.927. The summed E-state index contributed by atoms with van der Waals surface area (Å²) in [4.78, 5) is 23.0. The van der Waals surface area contributed by atoms with Gasteiger partial charge >= 0.3 is 5.97 Å². The Morgan fingerprint density at radius 1 is 1.38 bits per heavy atom. The molecular formula is C15H20N2O3S. The first kappa shape index (κ1) is 15.9. The second kappa shape index (κ2) is 8.05. The molecule has 1 aliphatic heterocycles. The van der Waals surface area contributed by atoms with Crippen molar-refractivity contribution in [2.45, 2.75) is 24.3 Å². The van der Waals surface area contributed by atoms with E-state index in [4.69, 9.17) is 0 Å². The number of hydrogen-bond acceptors (Lipinski definition) is 5. The molecule has 0 bridgehead atoms. The third-order valence-corrected chi connectivity index (χ3v) is 4.55. The lowest BCUT2D eigenvalue weighted by atomic mass is 10.2. The van der Waals surface area contributed by atoms with Crippen LogP contribution in [0.4, 0.5) is 0 Å². The Bertz CT molecular complexity index is 481. The molecule has 2 N–H and O–H groups in total. The maximum Gasteiger partial charge on any atom is 0.305 e. The first-order valence-corrected chi connectivity index (χ1v) is 8.02. The van der Waals surface area contributed by atoms with Gasteiger partial charge in [0, 0.05) is 18.7 Å². The number of rotatable bonds is 6. The molecule has 114 valence electrons. The van der Waals surface area contributed by atoms with Gasteiger partial charge in [0.25, 0.3) is 0 Å². The predicted molar refractivity (Wildman–Crippen MR) is 82.8 cm³/mol. The second-order valence-electron chi connectivity index (χ2n) is 4.81. The number of ether oxygens (including phenoxy) is 1. The van der Waals surface area contributed by atoms with E-state index in [2.05, 4.69) is 27.5 Å². The van der Waals surface area contributed by atoms with Crippen molar-refractivity contribution in [1.82, 2.24) is 10.6 Å². The Balaban J connectivity index is 1.71. The van der Waals surface area contributed by atoms with E-state index in [0.717, 1.165) is 5.75 Å². The van der Waals surface area contributed by atoms with Crippen LogP contribution in [0.2, 0.25) is 0 Å². The quantitative estimate of drug-likeness (QED) is 0.615. The minimum atomic E-state index is -0.247. The highest BCUT2D eigenvalue weighted by Crippen LogP contribution is 2.32. The second-order valence-corrected chi connectivity index (χ2v) is 5.95. The van der Waals surface area contributed by atoms with Crippen LogP contribution in [0.5, 0.6) is 0 Å². The average Bonchev–Trinajstić information content (AvgIpc) is 3.02. The van der Waals surface area contributed by atoms with Crippen molar-refractivity contribution in [3.8, 4) is 0 Å². The van der Waals surface area contributed by atoms with E-state index in [1.54, 1.807) is 11.8 Å². The molecule has 1 aromatic rings. The molecule has 21 heavy (non-hydrogen) atoms. The van der Waals surface area contributed by atoms with Crippen molar-refractivity contribution in [2.75, 3.05) is 19.4 Å². The average molecular weight is 308 g/mol. The molecule has 6 heteroatoms. The molecule has 0 spiro atoms. The highest BCUT2D eigenvalue weighted by molar-refractivity contribution is 7.99. The Morgan fingerprint density at radius 2 is 2.14 bits per heavy atom. The molecule has 0 saturated carbocycles. The van der Waals surface area contributed by atoms with Crippen LogP contribution in [0.25, 0.3) is 0 Å². The molecule has 1 amide bonds. The molecule has 2 rings (SSSR count). The van der Waals surface area contributed by atoms with E-state index < -0.39 is 0 Å². The zero-order chi connectivity index (χ0) is 15.1. The van der Waals surface area contributed by atoms with Crippen LogP contribution < -0.4 is 10.6 Å². The number of hydrogen-bond donors (Lipinski definition) is 2. The zero-order valence-corrected chi connectivity index (χ0v) is 12.8. The molecule has 1 fully saturated rings. The number of carbonyl (C=O) groups excluding carboxylic acids is 2. The van der Waals surface area contributed by atoms with Crippen LogP contribution >= 0.6 is 11.8 Å². The number of benzene rings is 1. The third-order valence-electron chi connectivity index (χ3n) is 3.29. The maximum absolute atomic E-state index is 12.0. The van der Waals surface area contributed by atoms with Gasteiger partial charge in [0.1, 0.15) is 0 Å². The first-order valence-electron chi connectivity index (χ1n) is 6.98. The van der Waals surface area contributed by atoms with Crippen LogP contribution in [0.15, 0.2) is 30.3 Å². The van der Waals surface area contributed by atoms with E-state index in [1.165, 1.54) is 12.7 Å². The van der Waals surface area contributed by atoms with E-state index in [0.29, 0.717) is 19.4 Å². The lowest BCUT2D eigenvalue weighted by Crippen LogP contribution is -2.42. The van der Waals surface area contributed by atoms with E-state index >= 15 is 0 Å². The monoisotopic (exact) mass is 308 g/mol. The molecule has 2 atom stereocenters. The molecule has 2 unspecified atom stereocenters. The predicted octanol–water partition coefficient (Wildman–Crippen LogP) is 1.46. The van der Waals surface area contributed by atoms with Crippen molar-refractivity contribution < 1.29 is 14.3 Å². The largest absolute Gasteiger partial charge is 0.469 e. The molecule has 1 aromatic carbocycles. The van der Waals surface area contributed by atoms with Crippen LogP contribution in [-0.2, 0) is 14.3 Å². The summed E-state index contributed by atoms with van der Waals surface area (Å²) in [6.45, 7) is 0.493. The van der Waals surface area contributed by atoms with Gasteiger partial charge in [-0.1, -0.05) is 30.3 Å². The Hall–Kier alpha value is -1.53. The molecule has 0 radical (unpaired) electrons. The van der Waals surface area contributed by atoms with Crippen molar-refractivity contribution >= 4 is 23.6 Å². The number of nitrogens with one attached hydrogen (secondary N) is 2. The fourth-order valence-electron chi connectivity index (χ4n) is 2.11. The summed E-state index contributed by atoms with van der Waals surface area (Å²) in [7, 11) is 1.37. The van der Waals surface area contributed by atoms with Gasteiger partial charge in [-0.05, 0) is 12.0 Å². The van der Waals surface area contributed by atoms with Gasteiger partial charge in [-0.25, -0.2) is 0 Å². The fraction of sp³-hybridized carbons (Fsp3) is 0.467. The molecular weight excluding hydrogens is 288 g/mol. The molecule has 1 heterocycles. The van der Waals surface area contributed by atoms with Gasteiger partial charge in [0.15, 0.2) is 0 Å². The van der Waals surface area contributed by atoms with Crippen molar-refractivity contribution in [3.05, 3.63) is 35.9 Å². The summed E-state index contributed by atoms with van der Waals surface area (Å²) in [5.74, 6) is 0.497. The maximum atomic E-state index is 12.0. The topological polar surface area (TPSA) is 67.4 Å². The van der Waals surface area contributed by atoms with Crippen molar-refractivity contribution in [1.29, 1.82) is 0 Å². The number of thioether (sulfide) groups is 1. The normalized spacial score (nSPS) is 21.0. The van der Waals surface area contributed by atoms with Gasteiger partial charge in [0.05, 0.1) is 18.5 Å². The van der Waals surface area contributed by atoms with Crippen molar-refractivity contribution in [3.63, 3.8) is 0 Å². The highest BCUT2D eigenvalue weighted by atomic mass is 32.2. The van der Waals surface area contributed by atoms with E-state index in [9.17, 15) is 9.59 Å². The molecule has 1 saturated heterocycles. The number of methoxy groups -OCH3 is 1. The summed E-state index contributed by atoms with van der Waals surface area (Å²) in [5.41, 5.74) is 1.18. The molecule has 0 aromatic heterocycles. The Kier molecular flexibility index (Phi) is 6.07. The number of esters is 1. The fourth-order valence-corrected chi connectivity index (χ4v) is 3.36. The molecule has 1 aliphatic rings. The summed E-state index contributed by atoms with van der Waals surface area (Å²) in [6, 6.07) is 9.91. The van der Waals surface area contributed by atoms with Gasteiger partial charge in [-0.15, -0.1) is 11.8 Å². The Morgan fingerprint density at radius 3 is 2.86 bits per heavy atom. The minimum Gasteiger partial charge on any atom is -0.469 e. The number of carbonyl (C=O) groups is 2. The van der Waals surface area contributed by atoms with Gasteiger partial charge < -0.3 is 10.1 Å². The van der Waals surface area contributed by atoms with E-state index in [1.807, 2.05) is 18.2 Å². The van der Waals surface area contributed by atoms with Crippen molar-refractivity contribution in [2.24, 2.45) is 0 Å².